The summed E-state index contributed by atoms with van der Waals surface area (Å²) in [5.74, 6) is 2.10. The zero-order valence-electron chi connectivity index (χ0n) is 21.7. The molecule has 0 radical (unpaired) electrons. The number of hydrogen-bond donors (Lipinski definition) is 3. The van der Waals surface area contributed by atoms with E-state index in [1.807, 2.05) is 38.0 Å². The summed E-state index contributed by atoms with van der Waals surface area (Å²) >= 11 is 0. The van der Waals surface area contributed by atoms with Crippen LogP contribution in [0.1, 0.15) is 56.3 Å². The highest BCUT2D eigenvalue weighted by atomic mass is 16.7. The minimum atomic E-state index is -0.762. The number of anilines is 1. The van der Waals surface area contributed by atoms with Crippen LogP contribution in [0, 0.1) is 5.41 Å². The van der Waals surface area contributed by atoms with Crippen molar-refractivity contribution >= 4 is 23.4 Å². The molecule has 1 saturated heterocycles. The molecule has 2 aromatic rings. The zero-order chi connectivity index (χ0) is 26.8. The highest BCUT2D eigenvalue weighted by Gasteiger charge is 2.30. The molecule has 2 aromatic carbocycles. The van der Waals surface area contributed by atoms with Gasteiger partial charge in [0.25, 0.3) is 0 Å². The van der Waals surface area contributed by atoms with Crippen LogP contribution in [0.25, 0.3) is 0 Å². The number of nitrogens with zero attached hydrogens (tertiary/aromatic N) is 1. The third-order valence-electron chi connectivity index (χ3n) is 6.16. The lowest BCUT2D eigenvalue weighted by Crippen LogP contribution is -2.45. The predicted molar refractivity (Wildman–Crippen MR) is 142 cm³/mol. The Bertz CT molecular complexity index is 1110. The highest BCUT2D eigenvalue weighted by molar-refractivity contribution is 5.95. The summed E-state index contributed by atoms with van der Waals surface area (Å²) in [4.78, 5) is 29.7. The van der Waals surface area contributed by atoms with Crippen LogP contribution in [-0.2, 0) is 25.6 Å². The maximum absolute atomic E-state index is 13.0. The van der Waals surface area contributed by atoms with Gasteiger partial charge in [0.2, 0.25) is 0 Å². The number of esters is 1. The summed E-state index contributed by atoms with van der Waals surface area (Å²) in [7, 11) is 0. The van der Waals surface area contributed by atoms with Gasteiger partial charge in [-0.3, -0.25) is 10.2 Å². The Morgan fingerprint density at radius 3 is 2.59 bits per heavy atom. The number of amidine groups is 1. The van der Waals surface area contributed by atoms with Gasteiger partial charge in [-0.2, -0.15) is 5.06 Å². The molecule has 0 saturated carbocycles. The van der Waals surface area contributed by atoms with Crippen molar-refractivity contribution in [3.8, 4) is 5.75 Å². The summed E-state index contributed by atoms with van der Waals surface area (Å²) in [5, 5.41) is 12.6. The van der Waals surface area contributed by atoms with Gasteiger partial charge in [0.05, 0.1) is 19.3 Å². The molecular weight excluding hydrogens is 472 g/mol. The number of hydrogen-bond acceptors (Lipinski definition) is 8. The van der Waals surface area contributed by atoms with Crippen LogP contribution >= 0.6 is 0 Å². The van der Waals surface area contributed by atoms with Crippen molar-refractivity contribution in [2.45, 2.75) is 58.2 Å². The molecule has 3 rings (SSSR count). The third-order valence-corrected chi connectivity index (χ3v) is 6.16. The second-order valence-corrected chi connectivity index (χ2v) is 8.76. The fourth-order valence-electron chi connectivity index (χ4n) is 4.34. The molecular formula is C28H36N4O5. The maximum Gasteiger partial charge on any atom is 0.333 e. The molecule has 9 heteroatoms. The van der Waals surface area contributed by atoms with E-state index in [-0.39, 0.29) is 24.6 Å². The van der Waals surface area contributed by atoms with Crippen LogP contribution in [0.5, 0.6) is 5.75 Å². The van der Waals surface area contributed by atoms with Crippen molar-refractivity contribution in [1.29, 1.82) is 5.41 Å². The summed E-state index contributed by atoms with van der Waals surface area (Å²) in [6.45, 7) is 7.13. The first kappa shape index (κ1) is 27.9. The minimum Gasteiger partial charge on any atom is -0.490 e. The Hall–Kier alpha value is -3.65. The molecule has 0 amide bonds. The van der Waals surface area contributed by atoms with E-state index in [0.717, 1.165) is 24.0 Å². The number of carbonyl (C=O) groups excluding carboxylic acids is 2. The summed E-state index contributed by atoms with van der Waals surface area (Å²) in [6, 6.07) is 11.8. The van der Waals surface area contributed by atoms with E-state index in [4.69, 9.17) is 25.5 Å². The number of rotatable bonds is 12. The van der Waals surface area contributed by atoms with Crippen molar-refractivity contribution in [3.05, 3.63) is 65.2 Å². The molecule has 0 spiro atoms. The smallest absolute Gasteiger partial charge is 0.333 e. The van der Waals surface area contributed by atoms with E-state index < -0.39 is 12.0 Å². The molecule has 0 aromatic heterocycles. The Morgan fingerprint density at radius 2 is 1.97 bits per heavy atom. The Labute approximate surface area is 218 Å². The van der Waals surface area contributed by atoms with Gasteiger partial charge in [-0.05, 0) is 74.2 Å². The van der Waals surface area contributed by atoms with Gasteiger partial charge >= 0.3 is 5.97 Å². The summed E-state index contributed by atoms with van der Waals surface area (Å²) in [6.07, 6.45) is 3.42. The average molecular weight is 509 g/mol. The molecule has 198 valence electrons. The number of hydroxylamine groups is 2. The Balaban J connectivity index is 1.86. The third kappa shape index (κ3) is 7.67. The van der Waals surface area contributed by atoms with Crippen molar-refractivity contribution in [2.75, 3.05) is 25.1 Å². The first-order chi connectivity index (χ1) is 17.9. The lowest BCUT2D eigenvalue weighted by atomic mass is 9.99. The van der Waals surface area contributed by atoms with Crippen LogP contribution in [0.15, 0.2) is 48.5 Å². The summed E-state index contributed by atoms with van der Waals surface area (Å²) in [5.41, 5.74) is 8.59. The highest BCUT2D eigenvalue weighted by Crippen LogP contribution is 2.30. The van der Waals surface area contributed by atoms with Gasteiger partial charge in [0, 0.05) is 30.3 Å². The number of nitrogen functional groups attached to an aromatic ring is 1. The van der Waals surface area contributed by atoms with E-state index in [2.05, 4.69) is 5.32 Å². The van der Waals surface area contributed by atoms with Crippen molar-refractivity contribution in [1.82, 2.24) is 5.06 Å². The maximum atomic E-state index is 13.0. The zero-order valence-corrected chi connectivity index (χ0v) is 21.7. The molecule has 0 bridgehead atoms. The molecule has 1 fully saturated rings. The van der Waals surface area contributed by atoms with E-state index in [0.29, 0.717) is 36.6 Å². The largest absolute Gasteiger partial charge is 0.490 e. The molecule has 1 aliphatic heterocycles. The second kappa shape index (κ2) is 13.6. The SMILES string of the molecule is CCOC(=O)C(Nc1ccc(C(=N)N)cc1)c1cc(CC)cc(OC2CCN(OCC)C(C=C=O)C2)c1. The van der Waals surface area contributed by atoms with Crippen molar-refractivity contribution < 1.29 is 23.9 Å². The molecule has 4 N–H and O–H groups in total. The van der Waals surface area contributed by atoms with Gasteiger partial charge in [0.15, 0.2) is 6.04 Å². The van der Waals surface area contributed by atoms with E-state index in [9.17, 15) is 9.59 Å². The van der Waals surface area contributed by atoms with Crippen LogP contribution < -0.4 is 15.8 Å². The van der Waals surface area contributed by atoms with Crippen LogP contribution in [0.3, 0.4) is 0 Å². The quantitative estimate of drug-likeness (QED) is 0.171. The Morgan fingerprint density at radius 1 is 1.22 bits per heavy atom. The Kier molecular flexibility index (Phi) is 10.3. The molecule has 9 nitrogen and oxygen atoms in total. The number of carbonyl (C=O) groups is 1. The number of nitrogens with one attached hydrogen (secondary N) is 2. The number of nitrogens with two attached hydrogens (primary N) is 1. The fourth-order valence-corrected chi connectivity index (χ4v) is 4.34. The van der Waals surface area contributed by atoms with Gasteiger partial charge in [-0.1, -0.05) is 13.0 Å². The summed E-state index contributed by atoms with van der Waals surface area (Å²) < 4.78 is 11.7. The normalized spacial score (nSPS) is 18.4. The van der Waals surface area contributed by atoms with Gasteiger partial charge < -0.3 is 20.5 Å². The van der Waals surface area contributed by atoms with Crippen molar-refractivity contribution in [3.63, 3.8) is 0 Å². The van der Waals surface area contributed by atoms with Crippen LogP contribution in [-0.4, -0.2) is 54.7 Å². The second-order valence-electron chi connectivity index (χ2n) is 8.76. The number of piperidine rings is 1. The number of aryl methyl sites for hydroxylation is 1. The van der Waals surface area contributed by atoms with E-state index in [1.54, 1.807) is 36.3 Å². The molecule has 3 atom stereocenters. The average Bonchev–Trinajstić information content (AvgIpc) is 2.89. The fraction of sp³-hybridized carbons (Fsp3) is 0.429. The van der Waals surface area contributed by atoms with Crippen LogP contribution in [0.2, 0.25) is 0 Å². The van der Waals surface area contributed by atoms with Crippen molar-refractivity contribution in [2.24, 2.45) is 5.73 Å². The molecule has 0 aliphatic carbocycles. The monoisotopic (exact) mass is 508 g/mol. The molecule has 37 heavy (non-hydrogen) atoms. The minimum absolute atomic E-state index is 0.0242. The molecule has 3 unspecified atom stereocenters. The van der Waals surface area contributed by atoms with Crippen LogP contribution in [0.4, 0.5) is 5.69 Å². The molecule has 1 heterocycles. The standard InChI is InChI=1S/C28H36N4O5/c1-4-19-15-21(26(28(34)35-5-2)31-22-9-7-20(8-10-22)27(29)30)17-25(16-19)37-24-11-13-32(36-6-3)23(18-24)12-14-33/h7-10,12,15-17,23-24,26,31H,4-6,11,13,18H2,1-3H3,(H3,29,30). The number of ether oxygens (including phenoxy) is 2. The molecule has 1 aliphatic rings. The lowest BCUT2D eigenvalue weighted by molar-refractivity contribution is -0.192. The van der Waals surface area contributed by atoms with Gasteiger partial charge in [-0.15, -0.1) is 0 Å². The predicted octanol–water partition coefficient (Wildman–Crippen LogP) is 3.80. The van der Waals surface area contributed by atoms with E-state index in [1.165, 1.54) is 6.08 Å². The van der Waals surface area contributed by atoms with Gasteiger partial charge in [-0.25, -0.2) is 9.59 Å². The van der Waals surface area contributed by atoms with E-state index >= 15 is 0 Å². The number of benzene rings is 2. The topological polar surface area (TPSA) is 127 Å². The first-order valence-corrected chi connectivity index (χ1v) is 12.7. The first-order valence-electron chi connectivity index (χ1n) is 12.7. The lowest BCUT2D eigenvalue weighted by Gasteiger charge is -2.36. The van der Waals surface area contributed by atoms with Gasteiger partial charge in [0.1, 0.15) is 23.6 Å².